The fourth-order valence-corrected chi connectivity index (χ4v) is 3.07. The van der Waals surface area contributed by atoms with Crippen LogP contribution in [-0.4, -0.2) is 28.1 Å². The van der Waals surface area contributed by atoms with Gasteiger partial charge in [-0.3, -0.25) is 9.78 Å². The molecule has 0 radical (unpaired) electrons. The highest BCUT2D eigenvalue weighted by Crippen LogP contribution is 2.22. The van der Waals surface area contributed by atoms with Crippen LogP contribution in [0.5, 0.6) is 0 Å². The second kappa shape index (κ2) is 8.96. The van der Waals surface area contributed by atoms with Crippen LogP contribution in [0.1, 0.15) is 17.5 Å². The van der Waals surface area contributed by atoms with Crippen molar-refractivity contribution in [3.8, 4) is 6.07 Å². The predicted molar refractivity (Wildman–Crippen MR) is 91.8 cm³/mol. The number of thioether (sulfide) groups is 1. The lowest BCUT2D eigenvalue weighted by molar-refractivity contribution is -0.128. The van der Waals surface area contributed by atoms with Crippen molar-refractivity contribution < 1.29 is 4.79 Å². The summed E-state index contributed by atoms with van der Waals surface area (Å²) in [6.45, 7) is 2.97. The molecule has 1 aromatic heterocycles. The number of carbonyl (C=O) groups excluding carboxylic acids is 1. The Bertz CT molecular complexity index is 682. The summed E-state index contributed by atoms with van der Waals surface area (Å²) in [5, 5.41) is 8.80. The molecule has 0 aliphatic rings. The minimum absolute atomic E-state index is 0.0392. The number of rotatable bonds is 7. The van der Waals surface area contributed by atoms with E-state index in [0.29, 0.717) is 25.3 Å². The standard InChI is InChI=1S/C18H19N3OS/c1-15-6-2-3-8-17(15)23-14-18(22)21(11-5-9-19)13-16-7-4-10-20-12-16/h2-4,6-8,10,12H,5,11,13-14H2,1H3. The van der Waals surface area contributed by atoms with Crippen LogP contribution in [0.2, 0.25) is 0 Å². The van der Waals surface area contributed by atoms with Gasteiger partial charge in [0.1, 0.15) is 0 Å². The highest BCUT2D eigenvalue weighted by atomic mass is 32.2. The second-order valence-corrected chi connectivity index (χ2v) is 6.16. The average molecular weight is 325 g/mol. The SMILES string of the molecule is Cc1ccccc1SCC(=O)N(CCC#N)Cc1cccnc1. The molecule has 23 heavy (non-hydrogen) atoms. The lowest BCUT2D eigenvalue weighted by Crippen LogP contribution is -2.32. The Kier molecular flexibility index (Phi) is 6.64. The van der Waals surface area contributed by atoms with E-state index in [2.05, 4.69) is 11.1 Å². The van der Waals surface area contributed by atoms with Gasteiger partial charge in [0.25, 0.3) is 0 Å². The zero-order valence-corrected chi connectivity index (χ0v) is 13.9. The summed E-state index contributed by atoms with van der Waals surface area (Å²) in [7, 11) is 0. The maximum absolute atomic E-state index is 12.5. The fraction of sp³-hybridized carbons (Fsp3) is 0.278. The fourth-order valence-electron chi connectivity index (χ4n) is 2.14. The number of benzene rings is 1. The molecule has 1 heterocycles. The minimum Gasteiger partial charge on any atom is -0.337 e. The highest BCUT2D eigenvalue weighted by molar-refractivity contribution is 8.00. The van der Waals surface area contributed by atoms with E-state index in [-0.39, 0.29) is 5.91 Å². The number of amides is 1. The number of aryl methyl sites for hydroxylation is 1. The molecule has 1 aromatic carbocycles. The van der Waals surface area contributed by atoms with Crippen molar-refractivity contribution in [1.29, 1.82) is 5.26 Å². The molecule has 0 aliphatic heterocycles. The zero-order valence-electron chi connectivity index (χ0n) is 13.1. The van der Waals surface area contributed by atoms with Crippen LogP contribution in [0.4, 0.5) is 0 Å². The molecule has 0 aliphatic carbocycles. The quantitative estimate of drug-likeness (QED) is 0.732. The van der Waals surface area contributed by atoms with Crippen LogP contribution in [0.25, 0.3) is 0 Å². The Morgan fingerprint density at radius 3 is 2.83 bits per heavy atom. The van der Waals surface area contributed by atoms with Crippen LogP contribution < -0.4 is 0 Å². The first kappa shape index (κ1) is 17.0. The van der Waals surface area contributed by atoms with E-state index in [1.807, 2.05) is 43.3 Å². The summed E-state index contributed by atoms with van der Waals surface area (Å²) in [5.74, 6) is 0.411. The van der Waals surface area contributed by atoms with E-state index in [1.165, 1.54) is 17.3 Å². The number of pyridine rings is 1. The first-order valence-corrected chi connectivity index (χ1v) is 8.41. The number of hydrogen-bond acceptors (Lipinski definition) is 4. The molecule has 0 saturated heterocycles. The van der Waals surface area contributed by atoms with Gasteiger partial charge in [0.05, 0.1) is 18.2 Å². The van der Waals surface area contributed by atoms with Gasteiger partial charge in [-0.2, -0.15) is 5.26 Å². The smallest absolute Gasteiger partial charge is 0.233 e. The van der Waals surface area contributed by atoms with E-state index in [9.17, 15) is 4.79 Å². The maximum Gasteiger partial charge on any atom is 0.233 e. The lowest BCUT2D eigenvalue weighted by atomic mass is 10.2. The van der Waals surface area contributed by atoms with Crippen LogP contribution in [0.3, 0.4) is 0 Å². The van der Waals surface area contributed by atoms with Crippen molar-refractivity contribution in [1.82, 2.24) is 9.88 Å². The number of nitriles is 1. The van der Waals surface area contributed by atoms with E-state index < -0.39 is 0 Å². The topological polar surface area (TPSA) is 57.0 Å². The van der Waals surface area contributed by atoms with E-state index in [0.717, 1.165) is 10.5 Å². The van der Waals surface area contributed by atoms with Gasteiger partial charge in [-0.25, -0.2) is 0 Å². The van der Waals surface area contributed by atoms with Gasteiger partial charge in [0.2, 0.25) is 5.91 Å². The van der Waals surface area contributed by atoms with Gasteiger partial charge >= 0.3 is 0 Å². The van der Waals surface area contributed by atoms with Gasteiger partial charge in [0, 0.05) is 30.4 Å². The van der Waals surface area contributed by atoms with Gasteiger partial charge in [0.15, 0.2) is 0 Å². The van der Waals surface area contributed by atoms with Crippen molar-refractivity contribution in [2.45, 2.75) is 24.8 Å². The van der Waals surface area contributed by atoms with Gasteiger partial charge in [-0.1, -0.05) is 24.3 Å². The molecule has 5 heteroatoms. The molecule has 2 rings (SSSR count). The lowest BCUT2D eigenvalue weighted by Gasteiger charge is -2.21. The molecule has 0 atom stereocenters. The molecular weight excluding hydrogens is 306 g/mol. The van der Waals surface area contributed by atoms with Crippen molar-refractivity contribution >= 4 is 17.7 Å². The molecule has 4 nitrogen and oxygen atoms in total. The summed E-state index contributed by atoms with van der Waals surface area (Å²) >= 11 is 1.54. The van der Waals surface area contributed by atoms with Gasteiger partial charge in [-0.05, 0) is 30.2 Å². The minimum atomic E-state index is 0.0392. The number of carbonyl (C=O) groups is 1. The monoisotopic (exact) mass is 325 g/mol. The first-order valence-electron chi connectivity index (χ1n) is 7.43. The van der Waals surface area contributed by atoms with Crippen molar-refractivity contribution in [3.05, 3.63) is 59.9 Å². The third-order valence-corrected chi connectivity index (χ3v) is 4.55. The Labute approximate surface area is 141 Å². The number of nitrogens with zero attached hydrogens (tertiary/aromatic N) is 3. The number of aromatic nitrogens is 1. The van der Waals surface area contributed by atoms with Crippen LogP contribution in [-0.2, 0) is 11.3 Å². The molecule has 0 fully saturated rings. The molecule has 118 valence electrons. The third-order valence-electron chi connectivity index (χ3n) is 3.39. The average Bonchev–Trinajstić information content (AvgIpc) is 2.58. The van der Waals surface area contributed by atoms with Crippen molar-refractivity contribution in [2.24, 2.45) is 0 Å². The van der Waals surface area contributed by atoms with Gasteiger partial charge in [-0.15, -0.1) is 11.8 Å². The van der Waals surface area contributed by atoms with Crippen LogP contribution >= 0.6 is 11.8 Å². The molecule has 0 N–H and O–H groups in total. The molecule has 0 bridgehead atoms. The largest absolute Gasteiger partial charge is 0.337 e. The van der Waals surface area contributed by atoms with Crippen LogP contribution in [0.15, 0.2) is 53.7 Å². The summed E-state index contributed by atoms with van der Waals surface area (Å²) < 4.78 is 0. The highest BCUT2D eigenvalue weighted by Gasteiger charge is 2.14. The van der Waals surface area contributed by atoms with Crippen LogP contribution in [0, 0.1) is 18.3 Å². The summed E-state index contributed by atoms with van der Waals surface area (Å²) in [4.78, 5) is 19.4. The van der Waals surface area contributed by atoms with Crippen molar-refractivity contribution in [3.63, 3.8) is 0 Å². The summed E-state index contributed by atoms with van der Waals surface area (Å²) in [5.41, 5.74) is 2.14. The Morgan fingerprint density at radius 2 is 2.13 bits per heavy atom. The summed E-state index contributed by atoms with van der Waals surface area (Å²) in [6, 6.07) is 13.9. The maximum atomic E-state index is 12.5. The second-order valence-electron chi connectivity index (χ2n) is 5.14. The predicted octanol–water partition coefficient (Wildman–Crippen LogP) is 3.42. The van der Waals surface area contributed by atoms with Crippen molar-refractivity contribution in [2.75, 3.05) is 12.3 Å². The molecule has 0 spiro atoms. The third kappa shape index (κ3) is 5.42. The molecule has 2 aromatic rings. The molecular formula is C18H19N3OS. The van der Waals surface area contributed by atoms with E-state index >= 15 is 0 Å². The molecule has 0 unspecified atom stereocenters. The number of hydrogen-bond donors (Lipinski definition) is 0. The molecule has 1 amide bonds. The Balaban J connectivity index is 1.99. The van der Waals surface area contributed by atoms with Gasteiger partial charge < -0.3 is 4.90 Å². The Hall–Kier alpha value is -2.32. The summed E-state index contributed by atoms with van der Waals surface area (Å²) in [6.07, 6.45) is 3.79. The normalized spacial score (nSPS) is 10.1. The first-order chi connectivity index (χ1) is 11.2. The van der Waals surface area contributed by atoms with E-state index in [4.69, 9.17) is 5.26 Å². The zero-order chi connectivity index (χ0) is 16.5. The Morgan fingerprint density at radius 1 is 1.30 bits per heavy atom. The molecule has 0 saturated carbocycles. The van der Waals surface area contributed by atoms with E-state index in [1.54, 1.807) is 17.3 Å².